The summed E-state index contributed by atoms with van der Waals surface area (Å²) in [5.41, 5.74) is 2.85. The lowest BCUT2D eigenvalue weighted by molar-refractivity contribution is 0.0785. The number of carbonyl (C=O) groups is 1. The third-order valence-electron chi connectivity index (χ3n) is 4.39. The molecule has 6 nitrogen and oxygen atoms in total. The molecule has 0 radical (unpaired) electrons. The van der Waals surface area contributed by atoms with Crippen LogP contribution in [0.3, 0.4) is 0 Å². The second-order valence-electron chi connectivity index (χ2n) is 6.35. The minimum Gasteiger partial charge on any atom is -0.436 e. The molecule has 1 fully saturated rings. The van der Waals surface area contributed by atoms with Crippen LogP contribution in [0.2, 0.25) is 0 Å². The standard InChI is InChI=1S/C19H17FN4O2S/c1-12-8-17(26-16-5-3-2-4-14(16)20)23-18(22-12)13-6-7-24(9-13)19(25)15-10-27-11-21-15/h2-5,8,10-11,13H,6-7,9H2,1H3. The van der Waals surface area contributed by atoms with Gasteiger partial charge in [-0.25, -0.2) is 14.4 Å². The highest BCUT2D eigenvalue weighted by molar-refractivity contribution is 7.07. The zero-order chi connectivity index (χ0) is 18.8. The number of aryl methyl sites for hydroxylation is 1. The average molecular weight is 384 g/mol. The first-order valence-corrected chi connectivity index (χ1v) is 9.50. The van der Waals surface area contributed by atoms with Crippen LogP contribution in [0.5, 0.6) is 11.6 Å². The summed E-state index contributed by atoms with van der Waals surface area (Å²) in [4.78, 5) is 27.3. The van der Waals surface area contributed by atoms with Gasteiger partial charge in [0.1, 0.15) is 11.5 Å². The van der Waals surface area contributed by atoms with Crippen molar-refractivity contribution in [2.75, 3.05) is 13.1 Å². The van der Waals surface area contributed by atoms with Gasteiger partial charge in [0.05, 0.1) is 5.51 Å². The Morgan fingerprint density at radius 3 is 2.96 bits per heavy atom. The molecule has 1 aromatic carbocycles. The summed E-state index contributed by atoms with van der Waals surface area (Å²) in [6.07, 6.45) is 0.762. The van der Waals surface area contributed by atoms with Gasteiger partial charge in [0.15, 0.2) is 11.6 Å². The molecule has 0 bridgehead atoms. The zero-order valence-corrected chi connectivity index (χ0v) is 15.4. The maximum atomic E-state index is 13.8. The van der Waals surface area contributed by atoms with Crippen LogP contribution in [-0.4, -0.2) is 38.8 Å². The van der Waals surface area contributed by atoms with E-state index in [4.69, 9.17) is 4.74 Å². The summed E-state index contributed by atoms with van der Waals surface area (Å²) in [6.45, 7) is 2.99. The van der Waals surface area contributed by atoms with E-state index >= 15 is 0 Å². The SMILES string of the molecule is Cc1cc(Oc2ccccc2F)nc(C2CCN(C(=O)c3cscn3)C2)n1. The first-order chi connectivity index (χ1) is 13.1. The Hall–Kier alpha value is -2.87. The van der Waals surface area contributed by atoms with Crippen molar-refractivity contribution < 1.29 is 13.9 Å². The third-order valence-corrected chi connectivity index (χ3v) is 4.98. The number of thiazole rings is 1. The zero-order valence-electron chi connectivity index (χ0n) is 14.6. The van der Waals surface area contributed by atoms with Crippen molar-refractivity contribution in [3.8, 4) is 11.6 Å². The highest BCUT2D eigenvalue weighted by Gasteiger charge is 2.30. The second kappa shape index (κ2) is 7.40. The van der Waals surface area contributed by atoms with E-state index in [1.165, 1.54) is 17.4 Å². The van der Waals surface area contributed by atoms with Crippen molar-refractivity contribution >= 4 is 17.2 Å². The highest BCUT2D eigenvalue weighted by Crippen LogP contribution is 2.29. The molecule has 8 heteroatoms. The van der Waals surface area contributed by atoms with Gasteiger partial charge in [-0.3, -0.25) is 4.79 Å². The van der Waals surface area contributed by atoms with E-state index in [1.54, 1.807) is 40.1 Å². The molecule has 1 aliphatic heterocycles. The normalized spacial score (nSPS) is 16.5. The van der Waals surface area contributed by atoms with E-state index in [0.717, 1.165) is 12.1 Å². The number of aromatic nitrogens is 3. The largest absolute Gasteiger partial charge is 0.436 e. The van der Waals surface area contributed by atoms with E-state index in [2.05, 4.69) is 15.0 Å². The number of amides is 1. The van der Waals surface area contributed by atoms with Gasteiger partial charge in [0.25, 0.3) is 5.91 Å². The topological polar surface area (TPSA) is 68.2 Å². The van der Waals surface area contributed by atoms with Gasteiger partial charge in [0.2, 0.25) is 5.88 Å². The van der Waals surface area contributed by atoms with Crippen LogP contribution in [0.25, 0.3) is 0 Å². The van der Waals surface area contributed by atoms with E-state index < -0.39 is 5.82 Å². The van der Waals surface area contributed by atoms with Crippen LogP contribution >= 0.6 is 11.3 Å². The molecule has 1 amide bonds. The van der Waals surface area contributed by atoms with Gasteiger partial charge in [0, 0.05) is 36.1 Å². The Balaban J connectivity index is 1.52. The lowest BCUT2D eigenvalue weighted by Gasteiger charge is -2.15. The molecule has 4 rings (SSSR count). The Morgan fingerprint density at radius 1 is 1.33 bits per heavy atom. The van der Waals surface area contributed by atoms with Crippen molar-refractivity contribution in [3.63, 3.8) is 0 Å². The third kappa shape index (κ3) is 3.80. The van der Waals surface area contributed by atoms with Crippen LogP contribution in [0.1, 0.15) is 34.3 Å². The van der Waals surface area contributed by atoms with Gasteiger partial charge in [-0.1, -0.05) is 12.1 Å². The maximum absolute atomic E-state index is 13.8. The summed E-state index contributed by atoms with van der Waals surface area (Å²) in [5.74, 6) is 0.510. The van der Waals surface area contributed by atoms with Crippen LogP contribution in [0, 0.1) is 12.7 Å². The fourth-order valence-corrected chi connectivity index (χ4v) is 3.60. The average Bonchev–Trinajstić information content (AvgIpc) is 3.35. The van der Waals surface area contributed by atoms with Gasteiger partial charge >= 0.3 is 0 Å². The predicted molar refractivity (Wildman–Crippen MR) is 98.6 cm³/mol. The fourth-order valence-electron chi connectivity index (χ4n) is 3.07. The Morgan fingerprint density at radius 2 is 2.19 bits per heavy atom. The molecule has 2 aromatic heterocycles. The molecule has 3 heterocycles. The lowest BCUT2D eigenvalue weighted by Crippen LogP contribution is -2.28. The van der Waals surface area contributed by atoms with Crippen molar-refractivity contribution in [3.05, 3.63) is 64.3 Å². The minimum absolute atomic E-state index is 0.00968. The molecular weight excluding hydrogens is 367 g/mol. The number of carbonyl (C=O) groups excluding carboxylic acids is 1. The molecule has 1 aliphatic rings. The second-order valence-corrected chi connectivity index (χ2v) is 7.07. The minimum atomic E-state index is -0.448. The number of benzene rings is 1. The van der Waals surface area contributed by atoms with Gasteiger partial charge in [-0.05, 0) is 25.5 Å². The van der Waals surface area contributed by atoms with Crippen molar-refractivity contribution in [1.29, 1.82) is 0 Å². The highest BCUT2D eigenvalue weighted by atomic mass is 32.1. The van der Waals surface area contributed by atoms with Crippen LogP contribution in [-0.2, 0) is 0 Å². The van der Waals surface area contributed by atoms with Crippen LogP contribution < -0.4 is 4.74 Å². The molecule has 1 saturated heterocycles. The Bertz CT molecular complexity index is 964. The molecular formula is C19H17FN4O2S. The number of para-hydroxylation sites is 1. The maximum Gasteiger partial charge on any atom is 0.273 e. The van der Waals surface area contributed by atoms with Crippen molar-refractivity contribution in [2.45, 2.75) is 19.3 Å². The fraction of sp³-hybridized carbons (Fsp3) is 0.263. The molecule has 1 unspecified atom stereocenters. The van der Waals surface area contributed by atoms with Crippen LogP contribution in [0.15, 0.2) is 41.2 Å². The molecule has 0 N–H and O–H groups in total. The van der Waals surface area contributed by atoms with Gasteiger partial charge < -0.3 is 9.64 Å². The van der Waals surface area contributed by atoms with Crippen molar-refractivity contribution in [1.82, 2.24) is 19.9 Å². The summed E-state index contributed by atoms with van der Waals surface area (Å²) in [5, 5.41) is 1.75. The van der Waals surface area contributed by atoms with E-state index in [1.807, 2.05) is 6.92 Å². The first-order valence-electron chi connectivity index (χ1n) is 8.55. The molecule has 138 valence electrons. The number of nitrogens with zero attached hydrogens (tertiary/aromatic N) is 4. The number of ether oxygens (including phenoxy) is 1. The number of hydrogen-bond acceptors (Lipinski definition) is 6. The smallest absolute Gasteiger partial charge is 0.273 e. The molecule has 0 aliphatic carbocycles. The molecule has 0 spiro atoms. The van der Waals surface area contributed by atoms with Gasteiger partial charge in [-0.2, -0.15) is 4.98 Å². The van der Waals surface area contributed by atoms with E-state index in [9.17, 15) is 9.18 Å². The van der Waals surface area contributed by atoms with E-state index in [-0.39, 0.29) is 17.6 Å². The summed E-state index contributed by atoms with van der Waals surface area (Å²) >= 11 is 1.40. The number of halogens is 1. The molecule has 27 heavy (non-hydrogen) atoms. The Kier molecular flexibility index (Phi) is 4.81. The number of likely N-dealkylation sites (tertiary alicyclic amines) is 1. The molecule has 3 aromatic rings. The van der Waals surface area contributed by atoms with Gasteiger partial charge in [-0.15, -0.1) is 11.3 Å². The quantitative estimate of drug-likeness (QED) is 0.684. The van der Waals surface area contributed by atoms with E-state index in [0.29, 0.717) is 30.5 Å². The number of rotatable bonds is 4. The number of hydrogen-bond donors (Lipinski definition) is 0. The summed E-state index contributed by atoms with van der Waals surface area (Å²) in [7, 11) is 0. The Labute approximate surface area is 159 Å². The predicted octanol–water partition coefficient (Wildman–Crippen LogP) is 3.80. The van der Waals surface area contributed by atoms with Crippen LogP contribution in [0.4, 0.5) is 4.39 Å². The summed E-state index contributed by atoms with van der Waals surface area (Å²) in [6, 6.07) is 7.86. The monoisotopic (exact) mass is 384 g/mol. The van der Waals surface area contributed by atoms with Crippen molar-refractivity contribution in [2.24, 2.45) is 0 Å². The summed E-state index contributed by atoms with van der Waals surface area (Å²) < 4.78 is 19.4. The lowest BCUT2D eigenvalue weighted by atomic mass is 10.1. The molecule has 0 saturated carbocycles. The molecule has 1 atom stereocenters. The first kappa shape index (κ1) is 17.5.